The molecule has 0 aliphatic carbocycles. The largest absolute Gasteiger partial charge is 0.477 e. The predicted octanol–water partition coefficient (Wildman–Crippen LogP) is -7.97. The van der Waals surface area contributed by atoms with E-state index in [0.29, 0.717) is 12.8 Å². The first-order valence-corrected chi connectivity index (χ1v) is 51.1. The Hall–Kier alpha value is -5.04. The van der Waals surface area contributed by atoms with E-state index in [9.17, 15) is 162 Å². The number of aliphatic hydroxyl groups is 24. The SMILES string of the molecule is CCCCCCCCCCCCC/C=C/[C@@H](O)[C@H](CO[C@@H]1OC(CO)[C@@H](O[C@@H]2OC(CO)[C@H](O[C@@H]3OC(CO)[C@H](O)[C@H](O[C@@H]4OC(CO)[C@H](O)[C@H](O[C@H]5OC(CO)[C@H](O)[C@H](O)C5O)C4O[C@H]4OC(C)[C@@H](O)C(O)[C@@H]4O)C3NC(C)=O)[C@H](O[C@]3(C(=O)O)CC(O)[C@@H](NC(C)=O)C([C@H](O)[C@@H](CO)O[C@]4(C(=O)O)CC(O)[C@@H](NC(C)=O)C([C@H](O)[C@H](O)CO)O4)O3)C2O)[C@H](O)C1O)NC(=O)CCCCCCCCCCCCCCC. The zero-order chi connectivity index (χ0) is 108. The van der Waals surface area contributed by atoms with E-state index in [1.807, 2.05) is 0 Å². The van der Waals surface area contributed by atoms with E-state index in [2.05, 4.69) is 35.1 Å². The van der Waals surface area contributed by atoms with E-state index in [4.69, 9.17) is 75.8 Å². The molecule has 8 aliphatic heterocycles. The number of carbonyl (C=O) groups is 6. The molecule has 52 nitrogen and oxygen atoms in total. The van der Waals surface area contributed by atoms with Gasteiger partial charge in [-0.1, -0.05) is 167 Å². The molecule has 30 N–H and O–H groups in total. The van der Waals surface area contributed by atoms with Crippen molar-refractivity contribution in [1.29, 1.82) is 0 Å². The molecular formula is C94H164N4O48. The summed E-state index contributed by atoms with van der Waals surface area (Å²) in [7, 11) is 0. The van der Waals surface area contributed by atoms with Crippen molar-refractivity contribution in [3.8, 4) is 0 Å². The molecule has 0 spiro atoms. The van der Waals surface area contributed by atoms with Crippen molar-refractivity contribution >= 4 is 35.6 Å². The lowest BCUT2D eigenvalue weighted by Gasteiger charge is -2.53. The molecule has 8 fully saturated rings. The van der Waals surface area contributed by atoms with Crippen LogP contribution in [-0.2, 0) is 105 Å². The second-order valence-electron chi connectivity index (χ2n) is 39.1. The van der Waals surface area contributed by atoms with Gasteiger partial charge in [-0.3, -0.25) is 19.2 Å². The van der Waals surface area contributed by atoms with Crippen LogP contribution < -0.4 is 21.3 Å². The Balaban J connectivity index is 1.17. The lowest BCUT2D eigenvalue weighted by atomic mass is 9.87. The second kappa shape index (κ2) is 61.9. The summed E-state index contributed by atoms with van der Waals surface area (Å²) in [5.74, 6) is -15.6. The van der Waals surface area contributed by atoms with Crippen molar-refractivity contribution in [1.82, 2.24) is 21.3 Å². The molecule has 52 heteroatoms. The summed E-state index contributed by atoms with van der Waals surface area (Å²) in [5, 5.41) is 308. The molecule has 0 aromatic rings. The first-order chi connectivity index (χ1) is 69.5. The van der Waals surface area contributed by atoms with Crippen LogP contribution in [0.4, 0.5) is 0 Å². The number of rotatable bonds is 62. The fourth-order valence-electron chi connectivity index (χ4n) is 19.4. The second-order valence-corrected chi connectivity index (χ2v) is 39.1. The van der Waals surface area contributed by atoms with Crippen molar-refractivity contribution in [2.45, 2.75) is 490 Å². The first kappa shape index (κ1) is 126. The van der Waals surface area contributed by atoms with Gasteiger partial charge in [-0.15, -0.1) is 0 Å². The molecular weight excluding hydrogens is 1950 g/mol. The predicted molar refractivity (Wildman–Crippen MR) is 494 cm³/mol. The molecule has 0 bridgehead atoms. The highest BCUT2D eigenvalue weighted by atomic mass is 16.8. The van der Waals surface area contributed by atoms with Gasteiger partial charge >= 0.3 is 11.9 Å². The van der Waals surface area contributed by atoms with Crippen molar-refractivity contribution in [2.24, 2.45) is 0 Å². The maximum absolute atomic E-state index is 14.7. The van der Waals surface area contributed by atoms with Gasteiger partial charge in [-0.25, -0.2) is 9.59 Å². The van der Waals surface area contributed by atoms with Gasteiger partial charge in [-0.05, 0) is 26.2 Å². The highest BCUT2D eigenvalue weighted by Gasteiger charge is 2.66. The third-order valence-corrected chi connectivity index (χ3v) is 27.8. The number of amides is 4. The minimum absolute atomic E-state index is 0.0486. The zero-order valence-electron chi connectivity index (χ0n) is 83.5. The van der Waals surface area contributed by atoms with Gasteiger partial charge in [0.05, 0.1) is 95.4 Å². The number of aliphatic hydroxyl groups excluding tert-OH is 24. The molecule has 8 heterocycles. The Morgan fingerprint density at radius 2 is 0.781 bits per heavy atom. The standard InChI is InChI=1S/C94H164N4O48/c1-7-9-11-13-15-17-19-21-23-25-27-29-31-33-50(109)49(98-60(113)34-32-30-28-26-24-22-20-18-16-14-12-10-8-2)44-131-86-75(125)72(122)77(58(42-104)136-86)138-89-76(126)83(146-94(92(129)130)36-52(111)62(96-47(5)107)81(145-94)69(119)57(41-103)143-93(91(127)128)35-51(110)61(95-46(4)106)80(144-93)65(115)53(112)37-99)78(59(43-105)137-89)139-85-63(97-48(6)108)79(67(117)55(39-101)133-85)140-90-84(142-87-73(123)70(120)64(114)45(3)132-87)82(68(118)56(40-102)135-90)141-88-74(124)71(121)66(116)54(38-100)134-88/h31,33,45,49-59,61-90,99-105,109-112,114-126H,7-30,32,34-44H2,1-6H3,(H,95,106)(H,96,107)(H,97,108)(H,98,113)(H,127,128)(H,129,130)/b33-31+/t45?,49-,50+,51?,52?,53+,54?,55?,56?,57+,58?,59?,61+,62+,63?,64+,65+,66-,67-,68-,69+,70?,71-,72+,73-,74?,75?,76?,77+,78-,79+,80?,81?,82-,83+,84?,85-,86+,87+,88+,89-,90-,93+,94-/m0/s1. The molecule has 4 amide bonds. The Labute approximate surface area is 846 Å². The van der Waals surface area contributed by atoms with Crippen molar-refractivity contribution in [3.63, 3.8) is 0 Å². The molecule has 848 valence electrons. The van der Waals surface area contributed by atoms with Crippen molar-refractivity contribution < 1.29 is 237 Å². The number of hydrogen-bond donors (Lipinski definition) is 30. The lowest BCUT2D eigenvalue weighted by molar-refractivity contribution is -0.410. The van der Waals surface area contributed by atoms with Crippen LogP contribution in [0.2, 0.25) is 0 Å². The van der Waals surface area contributed by atoms with Crippen LogP contribution in [0, 0.1) is 0 Å². The number of carbonyl (C=O) groups excluding carboxylic acids is 4. The minimum Gasteiger partial charge on any atom is -0.477 e. The number of ether oxygens (including phenoxy) is 16. The van der Waals surface area contributed by atoms with E-state index in [1.54, 1.807) is 6.08 Å². The molecule has 146 heavy (non-hydrogen) atoms. The first-order valence-electron chi connectivity index (χ1n) is 51.1. The summed E-state index contributed by atoms with van der Waals surface area (Å²) in [4.78, 5) is 81.8. The number of carboxylic acids is 2. The fraction of sp³-hybridized carbons (Fsp3) is 0.915. The van der Waals surface area contributed by atoms with Crippen LogP contribution in [0.15, 0.2) is 12.2 Å². The highest BCUT2D eigenvalue weighted by molar-refractivity contribution is 5.78. The molecule has 0 radical (unpaired) electrons. The van der Waals surface area contributed by atoms with Crippen LogP contribution in [0.5, 0.6) is 0 Å². The number of carboxylic acid groups (broad SMARTS) is 2. The van der Waals surface area contributed by atoms with E-state index in [1.165, 1.54) is 77.2 Å². The maximum Gasteiger partial charge on any atom is 0.364 e. The van der Waals surface area contributed by atoms with E-state index >= 15 is 0 Å². The van der Waals surface area contributed by atoms with Gasteiger partial charge in [0.2, 0.25) is 23.6 Å². The summed E-state index contributed by atoms with van der Waals surface area (Å²) in [6, 6.07) is -7.56. The van der Waals surface area contributed by atoms with Gasteiger partial charge in [0.25, 0.3) is 11.6 Å². The van der Waals surface area contributed by atoms with Crippen LogP contribution >= 0.6 is 0 Å². The molecule has 0 saturated carbocycles. The summed E-state index contributed by atoms with van der Waals surface area (Å²) < 4.78 is 97.6. The average molecular weight is 2120 g/mol. The quantitative estimate of drug-likeness (QED) is 0.0199. The Morgan fingerprint density at radius 1 is 0.384 bits per heavy atom. The lowest BCUT2D eigenvalue weighted by Crippen LogP contribution is -2.73. The normalized spacial score (nSPS) is 38.5. The number of nitrogens with one attached hydrogen (secondary N) is 4. The molecule has 16 unspecified atom stereocenters. The topological polar surface area (TPSA) is 824 Å². The van der Waals surface area contributed by atoms with Crippen LogP contribution in [0.3, 0.4) is 0 Å². The third-order valence-electron chi connectivity index (χ3n) is 27.8. The van der Waals surface area contributed by atoms with Gasteiger partial charge in [0.15, 0.2) is 37.7 Å². The number of hydrogen-bond acceptors (Lipinski definition) is 46. The monoisotopic (exact) mass is 2120 g/mol. The minimum atomic E-state index is -3.81. The zero-order valence-corrected chi connectivity index (χ0v) is 83.5. The van der Waals surface area contributed by atoms with Crippen LogP contribution in [0.25, 0.3) is 0 Å². The van der Waals surface area contributed by atoms with Gasteiger partial charge in [0.1, 0.15) is 177 Å². The van der Waals surface area contributed by atoms with Crippen molar-refractivity contribution in [3.05, 3.63) is 12.2 Å². The summed E-state index contributed by atoms with van der Waals surface area (Å²) in [6.07, 6.45) is -59.7. The van der Waals surface area contributed by atoms with E-state index in [0.717, 1.165) is 104 Å². The molecule has 8 aliphatic rings. The summed E-state index contributed by atoms with van der Waals surface area (Å²) in [6.45, 7) is -1.72. The van der Waals surface area contributed by atoms with Crippen LogP contribution in [-0.4, -0.2) is 490 Å². The Kier molecular flexibility index (Phi) is 53.5. The molecule has 8 rings (SSSR count). The third kappa shape index (κ3) is 34.2. The molecule has 8 saturated heterocycles. The highest BCUT2D eigenvalue weighted by Crippen LogP contribution is 2.45. The fourth-order valence-corrected chi connectivity index (χ4v) is 19.4. The summed E-state index contributed by atoms with van der Waals surface area (Å²) in [5.41, 5.74) is 0. The van der Waals surface area contributed by atoms with Gasteiger partial charge in [0, 0.05) is 40.0 Å². The van der Waals surface area contributed by atoms with Gasteiger partial charge < -0.3 is 230 Å². The van der Waals surface area contributed by atoms with E-state index < -0.39 is 370 Å². The molecule has 0 aromatic carbocycles. The molecule has 0 aromatic heterocycles. The number of unbranched alkanes of at least 4 members (excludes halogenated alkanes) is 23. The van der Waals surface area contributed by atoms with Crippen LogP contribution in [0.1, 0.15) is 221 Å². The Bertz CT molecular complexity index is 3830. The average Bonchev–Trinajstić information content (AvgIpc) is 0.744. The number of aliphatic carboxylic acids is 2. The molecule has 44 atom stereocenters. The van der Waals surface area contributed by atoms with E-state index in [-0.39, 0.29) is 6.42 Å². The number of allylic oxidation sites excluding steroid dienone is 1. The Morgan fingerprint density at radius 3 is 1.29 bits per heavy atom. The van der Waals surface area contributed by atoms with Crippen molar-refractivity contribution in [2.75, 3.05) is 52.9 Å². The van der Waals surface area contributed by atoms with Gasteiger partial charge in [-0.2, -0.15) is 0 Å². The maximum atomic E-state index is 14.7. The summed E-state index contributed by atoms with van der Waals surface area (Å²) >= 11 is 0. The smallest absolute Gasteiger partial charge is 0.364 e.